The summed E-state index contributed by atoms with van der Waals surface area (Å²) < 4.78 is 0. The lowest BCUT2D eigenvalue weighted by molar-refractivity contribution is -0.139. The predicted octanol–water partition coefficient (Wildman–Crippen LogP) is 7.18. The predicted molar refractivity (Wildman–Crippen MR) is 174 cm³/mol. The van der Waals surface area contributed by atoms with Crippen molar-refractivity contribution in [2.75, 3.05) is 11.9 Å². The van der Waals surface area contributed by atoms with Crippen molar-refractivity contribution >= 4 is 34.7 Å². The maximum atomic E-state index is 12.8. The van der Waals surface area contributed by atoms with E-state index in [0.29, 0.717) is 36.4 Å². The molecule has 3 rings (SSSR count). The first-order valence-corrected chi connectivity index (χ1v) is 14.8. The van der Waals surface area contributed by atoms with Crippen molar-refractivity contribution in [1.82, 2.24) is 20.3 Å². The van der Waals surface area contributed by atoms with E-state index in [1.165, 1.54) is 0 Å². The number of carbonyl (C=O) groups excluding carboxylic acids is 1. The molecule has 0 aliphatic heterocycles. The zero-order valence-corrected chi connectivity index (χ0v) is 27.4. The highest BCUT2D eigenvalue weighted by Crippen LogP contribution is 2.29. The molecule has 2 aromatic heterocycles. The molecule has 1 unspecified atom stereocenters. The number of aromatic nitrogens is 3. The molecule has 0 saturated heterocycles. The first kappa shape index (κ1) is 33.5. The van der Waals surface area contributed by atoms with Gasteiger partial charge in [0.05, 0.1) is 5.69 Å². The number of hydrogen-bond donors (Lipinski definition) is 2. The average molecular weight is 586 g/mol. The van der Waals surface area contributed by atoms with E-state index in [1.807, 2.05) is 31.5 Å². The van der Waals surface area contributed by atoms with Crippen LogP contribution in [0.3, 0.4) is 0 Å². The molecule has 0 fully saturated rings. The summed E-state index contributed by atoms with van der Waals surface area (Å²) >= 11 is 0. The number of nitrogens with one attached hydrogen (secondary N) is 1. The number of fused-ring (bicyclic) bond motifs is 1. The molecule has 230 valence electrons. The molecular weight excluding hydrogens is 538 g/mol. The van der Waals surface area contributed by atoms with E-state index in [9.17, 15) is 14.7 Å². The molecule has 0 saturated carbocycles. The van der Waals surface area contributed by atoms with E-state index in [2.05, 4.69) is 89.3 Å². The Labute approximate surface area is 256 Å². The van der Waals surface area contributed by atoms with Gasteiger partial charge in [-0.05, 0) is 65.6 Å². The fourth-order valence-corrected chi connectivity index (χ4v) is 4.47. The Morgan fingerprint density at radius 3 is 2.23 bits per heavy atom. The highest BCUT2D eigenvalue weighted by atomic mass is 16.4. The average Bonchev–Trinajstić information content (AvgIpc) is 2.88. The number of benzene rings is 1. The summed E-state index contributed by atoms with van der Waals surface area (Å²) in [6.45, 7) is 19.5. The van der Waals surface area contributed by atoms with E-state index < -0.39 is 17.9 Å². The van der Waals surface area contributed by atoms with Crippen LogP contribution in [0.25, 0.3) is 17.1 Å². The number of pyridine rings is 1. The van der Waals surface area contributed by atoms with Crippen LogP contribution in [0.2, 0.25) is 0 Å². The minimum absolute atomic E-state index is 0.0153. The molecule has 0 spiro atoms. The smallest absolute Gasteiger partial charge is 0.326 e. The van der Waals surface area contributed by atoms with Crippen molar-refractivity contribution < 1.29 is 14.7 Å². The number of hydrogen-bond acceptors (Lipinski definition) is 6. The fourth-order valence-electron chi connectivity index (χ4n) is 4.47. The molecule has 1 atom stereocenters. The molecule has 1 amide bonds. The van der Waals surface area contributed by atoms with Crippen molar-refractivity contribution in [3.8, 4) is 0 Å². The van der Waals surface area contributed by atoms with Gasteiger partial charge < -0.3 is 15.3 Å². The van der Waals surface area contributed by atoms with Gasteiger partial charge in [-0.15, -0.1) is 5.73 Å². The SMILES string of the molecule is CN(Cc1cnc2nc(C=C=CC(C)(C)C)nc(C(C)(C)C)c2c1)c1ccc(C(=O)NC(CCC(C)(C)C)C(=O)O)cc1. The number of carbonyl (C=O) groups is 2. The Bertz CT molecular complexity index is 1520. The molecule has 2 heterocycles. The molecule has 1 aromatic carbocycles. The van der Waals surface area contributed by atoms with Gasteiger partial charge in [0.25, 0.3) is 5.91 Å². The fraction of sp³-hybridized carbons (Fsp3) is 0.486. The number of nitrogens with zero attached hydrogens (tertiary/aromatic N) is 4. The van der Waals surface area contributed by atoms with Crippen molar-refractivity contribution in [2.24, 2.45) is 10.8 Å². The molecule has 0 aliphatic rings. The Kier molecular flexibility index (Phi) is 10.2. The van der Waals surface area contributed by atoms with Gasteiger partial charge in [-0.1, -0.05) is 62.3 Å². The number of carboxylic acids is 1. The molecule has 0 bridgehead atoms. The zero-order chi connectivity index (χ0) is 32.2. The summed E-state index contributed by atoms with van der Waals surface area (Å²) in [5, 5.41) is 13.2. The summed E-state index contributed by atoms with van der Waals surface area (Å²) in [6.07, 6.45) is 6.71. The first-order chi connectivity index (χ1) is 19.8. The Balaban J connectivity index is 1.79. The number of aliphatic carboxylic acids is 1. The van der Waals surface area contributed by atoms with Crippen LogP contribution in [-0.4, -0.2) is 45.0 Å². The summed E-state index contributed by atoms with van der Waals surface area (Å²) in [4.78, 5) is 40.8. The summed E-state index contributed by atoms with van der Waals surface area (Å²) in [7, 11) is 1.98. The van der Waals surface area contributed by atoms with Crippen LogP contribution in [-0.2, 0) is 16.8 Å². The second-order valence-corrected chi connectivity index (χ2v) is 14.6. The Morgan fingerprint density at radius 1 is 1.02 bits per heavy atom. The van der Waals surface area contributed by atoms with E-state index in [4.69, 9.17) is 9.97 Å². The van der Waals surface area contributed by atoms with Crippen molar-refractivity contribution in [1.29, 1.82) is 0 Å². The van der Waals surface area contributed by atoms with Crippen LogP contribution in [0.4, 0.5) is 5.69 Å². The van der Waals surface area contributed by atoms with Crippen LogP contribution in [0.15, 0.2) is 48.3 Å². The second-order valence-electron chi connectivity index (χ2n) is 14.6. The normalized spacial score (nSPS) is 12.8. The molecule has 2 N–H and O–H groups in total. The maximum Gasteiger partial charge on any atom is 0.326 e. The number of anilines is 1. The molecule has 0 aliphatic carbocycles. The lowest BCUT2D eigenvalue weighted by atomic mass is 9.88. The van der Waals surface area contributed by atoms with Gasteiger partial charge in [0.1, 0.15) is 6.04 Å². The number of rotatable bonds is 9. The monoisotopic (exact) mass is 585 g/mol. The van der Waals surface area contributed by atoms with Gasteiger partial charge in [0, 0.05) is 47.9 Å². The first-order valence-electron chi connectivity index (χ1n) is 14.8. The van der Waals surface area contributed by atoms with E-state index in [-0.39, 0.29) is 16.2 Å². The largest absolute Gasteiger partial charge is 0.480 e. The lowest BCUT2D eigenvalue weighted by Crippen LogP contribution is -2.41. The third kappa shape index (κ3) is 10.0. The van der Waals surface area contributed by atoms with Crippen molar-refractivity contribution in [3.63, 3.8) is 0 Å². The van der Waals surface area contributed by atoms with Crippen LogP contribution in [0.5, 0.6) is 0 Å². The molecule has 0 radical (unpaired) electrons. The van der Waals surface area contributed by atoms with Crippen LogP contribution in [0.1, 0.15) is 103 Å². The Morgan fingerprint density at radius 2 is 1.67 bits per heavy atom. The van der Waals surface area contributed by atoms with Gasteiger partial charge in [-0.2, -0.15) is 0 Å². The minimum atomic E-state index is -1.02. The number of allylic oxidation sites excluding steroid dienone is 1. The molecule has 8 nitrogen and oxygen atoms in total. The Hall–Kier alpha value is -4.03. The molecule has 3 aromatic rings. The third-order valence-corrected chi connectivity index (χ3v) is 6.84. The van der Waals surface area contributed by atoms with Crippen LogP contribution < -0.4 is 10.2 Å². The third-order valence-electron chi connectivity index (χ3n) is 6.84. The topological polar surface area (TPSA) is 108 Å². The van der Waals surface area contributed by atoms with E-state index in [0.717, 1.165) is 22.3 Å². The quantitative estimate of drug-likeness (QED) is 0.256. The maximum absolute atomic E-state index is 12.8. The minimum Gasteiger partial charge on any atom is -0.480 e. The van der Waals surface area contributed by atoms with Crippen molar-refractivity contribution in [3.05, 3.63) is 71.0 Å². The second kappa shape index (κ2) is 13.1. The standard InChI is InChI=1S/C35H47N5O3/c1-33(2,3)18-11-12-28-38-29(35(7,8)9)26-20-23(21-36-30(26)39-28)22-40(10)25-15-13-24(14-16-25)31(41)37-27(32(42)43)17-19-34(4,5)6/h12-16,18,20-21,27H,17,19,22H2,1-10H3,(H,37,41)(H,42,43). The number of amides is 1. The van der Waals surface area contributed by atoms with Crippen molar-refractivity contribution in [2.45, 2.75) is 93.2 Å². The summed E-state index contributed by atoms with van der Waals surface area (Å²) in [5.41, 5.74) is 6.91. The van der Waals surface area contributed by atoms with Gasteiger partial charge in [0.15, 0.2) is 11.5 Å². The summed E-state index contributed by atoms with van der Waals surface area (Å²) in [5.74, 6) is -0.835. The number of carboxylic acid groups (broad SMARTS) is 1. The molecule has 43 heavy (non-hydrogen) atoms. The van der Waals surface area contributed by atoms with E-state index in [1.54, 1.807) is 18.2 Å². The highest BCUT2D eigenvalue weighted by Gasteiger charge is 2.24. The molecule has 8 heteroatoms. The van der Waals surface area contributed by atoms with E-state index >= 15 is 0 Å². The highest BCUT2D eigenvalue weighted by molar-refractivity contribution is 5.96. The zero-order valence-electron chi connectivity index (χ0n) is 27.4. The van der Waals surface area contributed by atoms with Crippen LogP contribution >= 0.6 is 0 Å². The summed E-state index contributed by atoms with van der Waals surface area (Å²) in [6, 6.07) is 8.34. The van der Waals surface area contributed by atoms with Gasteiger partial charge in [-0.25, -0.2) is 19.7 Å². The van der Waals surface area contributed by atoms with Gasteiger partial charge in [-0.3, -0.25) is 4.79 Å². The van der Waals surface area contributed by atoms with Gasteiger partial charge in [0.2, 0.25) is 0 Å². The van der Waals surface area contributed by atoms with Gasteiger partial charge >= 0.3 is 5.97 Å². The van der Waals surface area contributed by atoms with Crippen LogP contribution in [0, 0.1) is 10.8 Å². The lowest BCUT2D eigenvalue weighted by Gasteiger charge is -2.22. The molecular formula is C35H47N5O3.